The van der Waals surface area contributed by atoms with Crippen molar-refractivity contribution in [3.8, 4) is 0 Å². The van der Waals surface area contributed by atoms with E-state index in [2.05, 4.69) is 36.1 Å². The lowest BCUT2D eigenvalue weighted by Gasteiger charge is -2.23. The van der Waals surface area contributed by atoms with Crippen LogP contribution in [0, 0.1) is 6.92 Å². The van der Waals surface area contributed by atoms with E-state index in [1.54, 1.807) is 11.8 Å². The van der Waals surface area contributed by atoms with Crippen LogP contribution in [-0.2, 0) is 0 Å². The van der Waals surface area contributed by atoms with Gasteiger partial charge in [0, 0.05) is 23.2 Å². The molecule has 2 nitrogen and oxygen atoms in total. The minimum Gasteiger partial charge on any atom is -0.389 e. The van der Waals surface area contributed by atoms with E-state index in [0.717, 1.165) is 21.8 Å². The van der Waals surface area contributed by atoms with E-state index < -0.39 is 0 Å². The Hall–Kier alpha value is -1.52. The summed E-state index contributed by atoms with van der Waals surface area (Å²) >= 11 is 6.89. The lowest BCUT2D eigenvalue weighted by molar-refractivity contribution is 1.18. The molecule has 0 radical (unpaired) electrons. The van der Waals surface area contributed by atoms with E-state index in [1.165, 1.54) is 5.56 Å². The van der Waals surface area contributed by atoms with E-state index in [4.69, 9.17) is 18.0 Å². The van der Waals surface area contributed by atoms with Gasteiger partial charge in [0.05, 0.1) is 5.69 Å². The van der Waals surface area contributed by atoms with Crippen molar-refractivity contribution < 1.29 is 0 Å². The first-order chi connectivity index (χ1) is 9.54. The summed E-state index contributed by atoms with van der Waals surface area (Å²) in [5.41, 5.74) is 10.3. The number of benzene rings is 2. The van der Waals surface area contributed by atoms with Gasteiger partial charge in [0.2, 0.25) is 0 Å². The molecule has 0 unspecified atom stereocenters. The van der Waals surface area contributed by atoms with E-state index in [-0.39, 0.29) is 0 Å². The van der Waals surface area contributed by atoms with Crippen molar-refractivity contribution in [2.24, 2.45) is 5.73 Å². The fraction of sp³-hybridized carbons (Fsp3) is 0.188. The summed E-state index contributed by atoms with van der Waals surface area (Å²) in [5, 5.41) is 0. The van der Waals surface area contributed by atoms with Gasteiger partial charge in [0.1, 0.15) is 4.99 Å². The number of nitrogens with two attached hydrogens (primary N) is 1. The number of nitrogens with zero attached hydrogens (tertiary/aromatic N) is 1. The van der Waals surface area contributed by atoms with Crippen molar-refractivity contribution in [2.75, 3.05) is 18.2 Å². The molecule has 0 spiro atoms. The van der Waals surface area contributed by atoms with Crippen LogP contribution in [0.5, 0.6) is 0 Å². The second kappa shape index (κ2) is 6.29. The Morgan fingerprint density at radius 2 is 1.80 bits per heavy atom. The summed E-state index contributed by atoms with van der Waals surface area (Å²) in [6.45, 7) is 2.08. The quantitative estimate of drug-likeness (QED) is 0.679. The van der Waals surface area contributed by atoms with Crippen molar-refractivity contribution in [3.05, 3.63) is 53.6 Å². The predicted molar refractivity (Wildman–Crippen MR) is 93.4 cm³/mol. The van der Waals surface area contributed by atoms with Gasteiger partial charge >= 0.3 is 0 Å². The van der Waals surface area contributed by atoms with Crippen LogP contribution in [0.2, 0.25) is 0 Å². The second-order valence-corrected chi connectivity index (χ2v) is 5.90. The van der Waals surface area contributed by atoms with Crippen LogP contribution in [0.15, 0.2) is 47.4 Å². The third kappa shape index (κ3) is 2.97. The van der Waals surface area contributed by atoms with Crippen LogP contribution in [0.3, 0.4) is 0 Å². The molecule has 0 aliphatic heterocycles. The van der Waals surface area contributed by atoms with Crippen LogP contribution in [0.4, 0.5) is 11.4 Å². The molecule has 20 heavy (non-hydrogen) atoms. The molecular weight excluding hydrogens is 284 g/mol. The molecule has 0 aliphatic rings. The normalized spacial score (nSPS) is 10.3. The van der Waals surface area contributed by atoms with Gasteiger partial charge in [0.15, 0.2) is 0 Å². The summed E-state index contributed by atoms with van der Waals surface area (Å²) in [5.74, 6) is 0. The van der Waals surface area contributed by atoms with E-state index in [9.17, 15) is 0 Å². The predicted octanol–water partition coefficient (Wildman–Crippen LogP) is 4.12. The summed E-state index contributed by atoms with van der Waals surface area (Å²) < 4.78 is 0. The number of aryl methyl sites for hydroxylation is 1. The van der Waals surface area contributed by atoms with Crippen molar-refractivity contribution in [1.82, 2.24) is 0 Å². The Balaban J connectivity index is 2.51. The smallest absolute Gasteiger partial charge is 0.107 e. The van der Waals surface area contributed by atoms with Gasteiger partial charge in [-0.1, -0.05) is 36.0 Å². The standard InChI is InChI=1S/C16H18N2S2/c1-11-7-9-12(10-8-11)18(2)13-5-4-6-14(20-3)15(13)16(17)19/h4-10H,1-3H3,(H2,17,19). The molecule has 0 saturated heterocycles. The van der Waals surface area contributed by atoms with Crippen molar-refractivity contribution in [2.45, 2.75) is 11.8 Å². The Morgan fingerprint density at radius 3 is 2.35 bits per heavy atom. The van der Waals surface area contributed by atoms with Gasteiger partial charge in [-0.2, -0.15) is 0 Å². The number of hydrogen-bond acceptors (Lipinski definition) is 3. The maximum atomic E-state index is 5.92. The minimum absolute atomic E-state index is 0.434. The van der Waals surface area contributed by atoms with Crippen molar-refractivity contribution in [3.63, 3.8) is 0 Å². The minimum atomic E-state index is 0.434. The third-order valence-corrected chi connectivity index (χ3v) is 4.24. The molecular formula is C16H18N2S2. The monoisotopic (exact) mass is 302 g/mol. The molecule has 0 fully saturated rings. The molecule has 2 N–H and O–H groups in total. The van der Waals surface area contributed by atoms with E-state index in [0.29, 0.717) is 4.99 Å². The molecule has 2 aromatic rings. The first-order valence-corrected chi connectivity index (χ1v) is 7.95. The number of thioether (sulfide) groups is 1. The maximum absolute atomic E-state index is 5.92. The number of anilines is 2. The Morgan fingerprint density at radius 1 is 1.15 bits per heavy atom. The number of rotatable bonds is 4. The summed E-state index contributed by atoms with van der Waals surface area (Å²) in [7, 11) is 2.03. The van der Waals surface area contributed by atoms with Crippen LogP contribution in [-0.4, -0.2) is 18.3 Å². The topological polar surface area (TPSA) is 29.3 Å². The van der Waals surface area contributed by atoms with Crippen LogP contribution in [0.25, 0.3) is 0 Å². The maximum Gasteiger partial charge on any atom is 0.107 e. The molecule has 0 saturated carbocycles. The molecule has 0 aromatic heterocycles. The zero-order valence-corrected chi connectivity index (χ0v) is 13.5. The van der Waals surface area contributed by atoms with Crippen molar-refractivity contribution in [1.29, 1.82) is 0 Å². The molecule has 104 valence electrons. The average Bonchev–Trinajstić information content (AvgIpc) is 2.46. The van der Waals surface area contributed by atoms with Gasteiger partial charge in [-0.05, 0) is 37.4 Å². The zero-order chi connectivity index (χ0) is 14.7. The molecule has 0 atom stereocenters. The molecule has 2 aromatic carbocycles. The van der Waals surface area contributed by atoms with Gasteiger partial charge in [-0.15, -0.1) is 11.8 Å². The molecule has 0 aliphatic carbocycles. The van der Waals surface area contributed by atoms with E-state index in [1.807, 2.05) is 31.5 Å². The Bertz CT molecular complexity index is 621. The summed E-state index contributed by atoms with van der Waals surface area (Å²) in [6.07, 6.45) is 2.03. The highest BCUT2D eigenvalue weighted by molar-refractivity contribution is 7.98. The molecule has 0 bridgehead atoms. The Kier molecular flexibility index (Phi) is 4.68. The highest BCUT2D eigenvalue weighted by atomic mass is 32.2. The average molecular weight is 302 g/mol. The summed E-state index contributed by atoms with van der Waals surface area (Å²) in [6, 6.07) is 14.5. The lowest BCUT2D eigenvalue weighted by Crippen LogP contribution is -2.18. The fourth-order valence-electron chi connectivity index (χ4n) is 2.12. The number of hydrogen-bond donors (Lipinski definition) is 1. The van der Waals surface area contributed by atoms with Crippen LogP contribution >= 0.6 is 24.0 Å². The Labute approximate surface area is 130 Å². The van der Waals surface area contributed by atoms with Gasteiger partial charge in [-0.25, -0.2) is 0 Å². The first kappa shape index (κ1) is 14.9. The molecule has 2 rings (SSSR count). The second-order valence-electron chi connectivity index (χ2n) is 4.61. The van der Waals surface area contributed by atoms with E-state index >= 15 is 0 Å². The zero-order valence-electron chi connectivity index (χ0n) is 11.9. The first-order valence-electron chi connectivity index (χ1n) is 6.31. The van der Waals surface area contributed by atoms with Gasteiger partial charge < -0.3 is 10.6 Å². The van der Waals surface area contributed by atoms with Crippen LogP contribution in [0.1, 0.15) is 11.1 Å². The third-order valence-electron chi connectivity index (χ3n) is 3.25. The highest BCUT2D eigenvalue weighted by Gasteiger charge is 2.14. The lowest BCUT2D eigenvalue weighted by atomic mass is 10.1. The van der Waals surface area contributed by atoms with Crippen LogP contribution < -0.4 is 10.6 Å². The van der Waals surface area contributed by atoms with Gasteiger partial charge in [0.25, 0.3) is 0 Å². The molecule has 0 amide bonds. The largest absolute Gasteiger partial charge is 0.389 e. The SMILES string of the molecule is CSc1cccc(N(C)c2ccc(C)cc2)c1C(N)=S. The van der Waals surface area contributed by atoms with Gasteiger partial charge in [-0.3, -0.25) is 0 Å². The molecule has 0 heterocycles. The number of thiocarbonyl (C=S) groups is 1. The fourth-order valence-corrected chi connectivity index (χ4v) is 3.04. The highest BCUT2D eigenvalue weighted by Crippen LogP contribution is 2.32. The van der Waals surface area contributed by atoms with Crippen molar-refractivity contribution >= 4 is 40.3 Å². The summed E-state index contributed by atoms with van der Waals surface area (Å²) in [4.78, 5) is 3.66. The molecule has 4 heteroatoms.